The molecule has 0 atom stereocenters. The lowest BCUT2D eigenvalue weighted by Crippen LogP contribution is -2.44. The van der Waals surface area contributed by atoms with E-state index in [0.29, 0.717) is 4.88 Å². The highest BCUT2D eigenvalue weighted by Gasteiger charge is 2.20. The molecule has 1 aromatic heterocycles. The van der Waals surface area contributed by atoms with E-state index in [-0.39, 0.29) is 5.91 Å². The second kappa shape index (κ2) is 8.12. The Morgan fingerprint density at radius 1 is 1.00 bits per heavy atom. The molecule has 1 N–H and O–H groups in total. The summed E-state index contributed by atoms with van der Waals surface area (Å²) < 4.78 is 0. The van der Waals surface area contributed by atoms with Gasteiger partial charge in [0.2, 0.25) is 0 Å². The van der Waals surface area contributed by atoms with Crippen LogP contribution in [-0.4, -0.2) is 49.0 Å². The highest BCUT2D eigenvalue weighted by atomic mass is 32.1. The summed E-state index contributed by atoms with van der Waals surface area (Å²) in [4.78, 5) is 22.9. The average molecular weight is 393 g/mol. The molecule has 0 unspecified atom stereocenters. The van der Waals surface area contributed by atoms with Gasteiger partial charge in [0.15, 0.2) is 0 Å². The number of nitrogens with one attached hydrogen (secondary N) is 1. The third-order valence-corrected chi connectivity index (χ3v) is 6.23. The van der Waals surface area contributed by atoms with Crippen LogP contribution in [0.15, 0.2) is 54.6 Å². The van der Waals surface area contributed by atoms with E-state index in [2.05, 4.69) is 33.2 Å². The molecule has 1 fully saturated rings. The molecule has 6 heteroatoms. The fourth-order valence-electron chi connectivity index (χ4n) is 3.39. The van der Waals surface area contributed by atoms with Gasteiger partial charge in [-0.3, -0.25) is 4.79 Å². The number of piperazine rings is 1. The standard InChI is InChI=1S/C22H24N4OS/c1-16-20(28-22(23-16)17-8-4-3-5-9-17)21(27)24-18-10-6-7-11-19(18)26-14-12-25(2)13-15-26/h3-11H,12-15H2,1-2H3,(H,24,27). The molecule has 5 nitrogen and oxygen atoms in total. The van der Waals surface area contributed by atoms with E-state index in [1.807, 2.05) is 55.5 Å². The molecule has 1 saturated heterocycles. The van der Waals surface area contributed by atoms with Gasteiger partial charge in [0.05, 0.1) is 17.1 Å². The van der Waals surface area contributed by atoms with Crippen molar-refractivity contribution in [1.82, 2.24) is 9.88 Å². The minimum atomic E-state index is -0.0984. The van der Waals surface area contributed by atoms with Crippen LogP contribution in [0.25, 0.3) is 10.6 Å². The summed E-state index contributed by atoms with van der Waals surface area (Å²) in [6, 6.07) is 18.0. The number of para-hydroxylation sites is 2. The van der Waals surface area contributed by atoms with Crippen molar-refractivity contribution in [3.63, 3.8) is 0 Å². The van der Waals surface area contributed by atoms with Gasteiger partial charge in [-0.15, -0.1) is 11.3 Å². The number of carbonyl (C=O) groups is 1. The molecule has 1 amide bonds. The first-order valence-electron chi connectivity index (χ1n) is 9.48. The number of hydrogen-bond donors (Lipinski definition) is 1. The minimum absolute atomic E-state index is 0.0984. The molecule has 0 aliphatic carbocycles. The van der Waals surface area contributed by atoms with Gasteiger partial charge in [-0.05, 0) is 26.1 Å². The number of amides is 1. The van der Waals surface area contributed by atoms with Crippen LogP contribution in [0.4, 0.5) is 11.4 Å². The van der Waals surface area contributed by atoms with Crippen molar-refractivity contribution in [3.05, 3.63) is 65.2 Å². The number of aromatic nitrogens is 1. The molecule has 1 aliphatic rings. The SMILES string of the molecule is Cc1nc(-c2ccccc2)sc1C(=O)Nc1ccccc1N1CCN(C)CC1. The summed E-state index contributed by atoms with van der Waals surface area (Å²) in [5, 5.41) is 3.99. The molecule has 144 valence electrons. The van der Waals surface area contributed by atoms with Gasteiger partial charge in [-0.25, -0.2) is 4.98 Å². The smallest absolute Gasteiger partial charge is 0.267 e. The van der Waals surface area contributed by atoms with E-state index < -0.39 is 0 Å². The van der Waals surface area contributed by atoms with Crippen molar-refractivity contribution in [2.24, 2.45) is 0 Å². The number of thiazole rings is 1. The van der Waals surface area contributed by atoms with Gasteiger partial charge in [0.25, 0.3) is 5.91 Å². The molecule has 0 spiro atoms. The van der Waals surface area contributed by atoms with E-state index in [1.54, 1.807) is 0 Å². The number of benzene rings is 2. The molecule has 2 heterocycles. The number of rotatable bonds is 4. The first-order valence-corrected chi connectivity index (χ1v) is 10.3. The Morgan fingerprint density at radius 2 is 1.68 bits per heavy atom. The monoisotopic (exact) mass is 392 g/mol. The van der Waals surface area contributed by atoms with Gasteiger partial charge in [0, 0.05) is 31.7 Å². The topological polar surface area (TPSA) is 48.5 Å². The molecule has 1 aliphatic heterocycles. The summed E-state index contributed by atoms with van der Waals surface area (Å²) in [6.45, 7) is 5.86. The maximum Gasteiger partial charge on any atom is 0.267 e. The van der Waals surface area contributed by atoms with Crippen molar-refractivity contribution in [2.45, 2.75) is 6.92 Å². The van der Waals surface area contributed by atoms with Crippen LogP contribution < -0.4 is 10.2 Å². The first kappa shape index (κ1) is 18.7. The van der Waals surface area contributed by atoms with Gasteiger partial charge in [-0.1, -0.05) is 42.5 Å². The Morgan fingerprint density at radius 3 is 2.43 bits per heavy atom. The molecule has 3 aromatic rings. The zero-order chi connectivity index (χ0) is 19.5. The molecular formula is C22H24N4OS. The predicted octanol–water partition coefficient (Wildman–Crippen LogP) is 4.12. The number of aryl methyl sites for hydroxylation is 1. The normalized spacial score (nSPS) is 14.9. The Bertz CT molecular complexity index is 962. The van der Waals surface area contributed by atoms with E-state index >= 15 is 0 Å². The lowest BCUT2D eigenvalue weighted by Gasteiger charge is -2.35. The summed E-state index contributed by atoms with van der Waals surface area (Å²) in [5.41, 5.74) is 3.73. The van der Waals surface area contributed by atoms with Crippen LogP contribution in [0.1, 0.15) is 15.4 Å². The van der Waals surface area contributed by atoms with Crippen molar-refractivity contribution in [1.29, 1.82) is 0 Å². The van der Waals surface area contributed by atoms with Crippen molar-refractivity contribution >= 4 is 28.6 Å². The molecule has 28 heavy (non-hydrogen) atoms. The fourth-order valence-corrected chi connectivity index (χ4v) is 4.36. The van der Waals surface area contributed by atoms with E-state index in [1.165, 1.54) is 11.3 Å². The van der Waals surface area contributed by atoms with Crippen molar-refractivity contribution in [3.8, 4) is 10.6 Å². The number of hydrogen-bond acceptors (Lipinski definition) is 5. The highest BCUT2D eigenvalue weighted by molar-refractivity contribution is 7.17. The maximum absolute atomic E-state index is 13.0. The third kappa shape index (κ3) is 3.93. The minimum Gasteiger partial charge on any atom is -0.367 e. The van der Waals surface area contributed by atoms with Crippen molar-refractivity contribution in [2.75, 3.05) is 43.4 Å². The zero-order valence-corrected chi connectivity index (χ0v) is 17.0. The van der Waals surface area contributed by atoms with Crippen LogP contribution >= 0.6 is 11.3 Å². The van der Waals surface area contributed by atoms with Gasteiger partial charge >= 0.3 is 0 Å². The number of nitrogens with zero attached hydrogens (tertiary/aromatic N) is 3. The lowest BCUT2D eigenvalue weighted by molar-refractivity contribution is 0.103. The van der Waals surface area contributed by atoms with Gasteiger partial charge in [0.1, 0.15) is 9.88 Å². The summed E-state index contributed by atoms with van der Waals surface area (Å²) in [7, 11) is 2.14. The van der Waals surface area contributed by atoms with Gasteiger partial charge in [-0.2, -0.15) is 0 Å². The number of likely N-dealkylation sites (N-methyl/N-ethyl adjacent to an activating group) is 1. The summed E-state index contributed by atoms with van der Waals surface area (Å²) in [5.74, 6) is -0.0984. The average Bonchev–Trinajstić information content (AvgIpc) is 3.12. The maximum atomic E-state index is 13.0. The van der Waals surface area contributed by atoms with Crippen LogP contribution in [0.5, 0.6) is 0 Å². The second-order valence-corrected chi connectivity index (χ2v) is 8.06. The van der Waals surface area contributed by atoms with Crippen LogP contribution in [0.3, 0.4) is 0 Å². The Labute approximate surface area is 169 Å². The Hall–Kier alpha value is -2.70. The van der Waals surface area contributed by atoms with Gasteiger partial charge < -0.3 is 15.1 Å². The molecule has 0 radical (unpaired) electrons. The highest BCUT2D eigenvalue weighted by Crippen LogP contribution is 2.31. The molecule has 2 aromatic carbocycles. The number of anilines is 2. The molecular weight excluding hydrogens is 368 g/mol. The van der Waals surface area contributed by atoms with E-state index in [0.717, 1.165) is 53.8 Å². The van der Waals surface area contributed by atoms with E-state index in [9.17, 15) is 4.79 Å². The lowest BCUT2D eigenvalue weighted by atomic mass is 10.2. The third-order valence-electron chi connectivity index (χ3n) is 5.02. The van der Waals surface area contributed by atoms with Crippen LogP contribution in [-0.2, 0) is 0 Å². The van der Waals surface area contributed by atoms with E-state index in [4.69, 9.17) is 0 Å². The molecule has 4 rings (SSSR count). The Kier molecular flexibility index (Phi) is 5.41. The Balaban J connectivity index is 1.56. The van der Waals surface area contributed by atoms with Crippen molar-refractivity contribution < 1.29 is 4.79 Å². The second-order valence-electron chi connectivity index (χ2n) is 7.06. The largest absolute Gasteiger partial charge is 0.367 e. The molecule has 0 bridgehead atoms. The summed E-state index contributed by atoms with van der Waals surface area (Å²) >= 11 is 1.44. The summed E-state index contributed by atoms with van der Waals surface area (Å²) in [6.07, 6.45) is 0. The first-order chi connectivity index (χ1) is 13.6. The number of carbonyl (C=O) groups excluding carboxylic acids is 1. The molecule has 0 saturated carbocycles. The predicted molar refractivity (Wildman–Crippen MR) is 116 cm³/mol. The fraction of sp³-hybridized carbons (Fsp3) is 0.273. The van der Waals surface area contributed by atoms with Crippen LogP contribution in [0.2, 0.25) is 0 Å². The quantitative estimate of drug-likeness (QED) is 0.726. The zero-order valence-electron chi connectivity index (χ0n) is 16.2. The van der Waals surface area contributed by atoms with Crippen LogP contribution in [0, 0.1) is 6.92 Å².